The first kappa shape index (κ1) is 27.7. The van der Waals surface area contributed by atoms with E-state index >= 15 is 0 Å². The zero-order valence-corrected chi connectivity index (χ0v) is 20.4. The first-order valence-electron chi connectivity index (χ1n) is 10.3. The topological polar surface area (TPSA) is 77.4 Å². The average molecular weight is 471 g/mol. The van der Waals surface area contributed by atoms with E-state index in [-0.39, 0.29) is 17.5 Å². The van der Waals surface area contributed by atoms with Gasteiger partial charge in [-0.05, 0) is 55.2 Å². The van der Waals surface area contributed by atoms with Crippen LogP contribution in [-0.4, -0.2) is 36.5 Å². The normalized spacial score (nSPS) is 10.5. The van der Waals surface area contributed by atoms with Crippen molar-refractivity contribution in [3.05, 3.63) is 93.9 Å². The number of nitrogens with one attached hydrogen (secondary N) is 1. The number of rotatable bonds is 6. The second-order valence-corrected chi connectivity index (χ2v) is 7.26. The molecule has 0 spiro atoms. The van der Waals surface area contributed by atoms with E-state index in [0.29, 0.717) is 17.6 Å². The Morgan fingerprint density at radius 3 is 2.27 bits per heavy atom. The Morgan fingerprint density at radius 1 is 1.09 bits per heavy atom. The summed E-state index contributed by atoms with van der Waals surface area (Å²) in [6.45, 7) is 4.31. The molecule has 2 aromatic carbocycles. The molecule has 3 rings (SSSR count). The number of amides is 1. The number of ether oxygens (including phenoxy) is 1. The summed E-state index contributed by atoms with van der Waals surface area (Å²) in [5, 5.41) is 3.06. The minimum atomic E-state index is -0.0509. The molecule has 7 heteroatoms. The van der Waals surface area contributed by atoms with Crippen molar-refractivity contribution in [3.63, 3.8) is 0 Å². The van der Waals surface area contributed by atoms with Gasteiger partial charge in [0.2, 0.25) is 0 Å². The smallest absolute Gasteiger partial charge is 0.292 e. The zero-order valence-electron chi connectivity index (χ0n) is 19.7. The summed E-state index contributed by atoms with van der Waals surface area (Å²) in [7, 11) is 3.06. The van der Waals surface area contributed by atoms with Gasteiger partial charge in [-0.3, -0.25) is 14.4 Å². The van der Waals surface area contributed by atoms with Gasteiger partial charge in [0.05, 0.1) is 7.11 Å². The number of aryl methyl sites for hydroxylation is 2. The number of hydrogen-bond donors (Lipinski definition) is 1. The van der Waals surface area contributed by atoms with E-state index in [0.717, 1.165) is 23.1 Å². The molecular formula is C26H31ClN2O4. The van der Waals surface area contributed by atoms with Crippen LogP contribution in [0.5, 0.6) is 0 Å². The molecule has 6 nitrogen and oxygen atoms in total. The van der Waals surface area contributed by atoms with Gasteiger partial charge in [0, 0.05) is 36.8 Å². The quantitative estimate of drug-likeness (QED) is 0.428. The van der Waals surface area contributed by atoms with Crippen LogP contribution in [0.2, 0.25) is 0 Å². The second-order valence-electron chi connectivity index (χ2n) is 7.26. The Labute approximate surface area is 200 Å². The van der Waals surface area contributed by atoms with Crippen molar-refractivity contribution in [2.24, 2.45) is 7.05 Å². The molecule has 0 aliphatic rings. The number of pyridine rings is 1. The lowest BCUT2D eigenvalue weighted by molar-refractivity contribution is -0.126. The largest absolute Gasteiger partial charge is 0.471 e. The summed E-state index contributed by atoms with van der Waals surface area (Å²) in [6.07, 6.45) is 3.95. The third kappa shape index (κ3) is 8.58. The first-order chi connectivity index (χ1) is 15.9. The number of methoxy groups -OCH3 is 1. The minimum absolute atomic E-state index is 0.00699. The maximum Gasteiger partial charge on any atom is 0.292 e. The van der Waals surface area contributed by atoms with Crippen LogP contribution in [0.3, 0.4) is 0 Å². The first-order valence-corrected chi connectivity index (χ1v) is 11.1. The van der Waals surface area contributed by atoms with E-state index in [4.69, 9.17) is 4.79 Å². The van der Waals surface area contributed by atoms with Crippen molar-refractivity contribution < 1.29 is 14.3 Å². The van der Waals surface area contributed by atoms with Crippen molar-refractivity contribution in [1.29, 1.82) is 0 Å². The molecule has 1 heterocycles. The Bertz CT molecular complexity index is 1080. The molecule has 1 atom stereocenters. The standard InChI is InChI=1S/C23H24N2O2.C2H4O2.CH3Cl/c1-16-7-4-5-8-20(16)22(26)24-17(2)15-18-10-12-19(13-11-18)21-9-6-14-25(3)23(21)27;1-4-2-3;1-2/h4-14,17H,15H2,1-3H3,(H,24,26);2H,1H3;1H3. The Morgan fingerprint density at radius 2 is 1.70 bits per heavy atom. The highest BCUT2D eigenvalue weighted by Crippen LogP contribution is 2.17. The van der Waals surface area contributed by atoms with E-state index in [1.807, 2.05) is 74.5 Å². The van der Waals surface area contributed by atoms with Gasteiger partial charge in [-0.1, -0.05) is 42.5 Å². The molecule has 0 aliphatic carbocycles. The molecule has 1 aromatic heterocycles. The van der Waals surface area contributed by atoms with Crippen LogP contribution >= 0.6 is 11.6 Å². The maximum atomic E-state index is 12.4. The van der Waals surface area contributed by atoms with Crippen molar-refractivity contribution in [2.45, 2.75) is 26.3 Å². The van der Waals surface area contributed by atoms with Crippen LogP contribution in [0, 0.1) is 6.92 Å². The van der Waals surface area contributed by atoms with Gasteiger partial charge in [0.25, 0.3) is 17.9 Å². The van der Waals surface area contributed by atoms with Gasteiger partial charge < -0.3 is 14.6 Å². The molecular weight excluding hydrogens is 440 g/mol. The Hall–Kier alpha value is -3.38. The van der Waals surface area contributed by atoms with Gasteiger partial charge >= 0.3 is 0 Å². The molecule has 0 fully saturated rings. The van der Waals surface area contributed by atoms with Crippen LogP contribution in [0.4, 0.5) is 0 Å². The van der Waals surface area contributed by atoms with E-state index in [1.54, 1.807) is 17.8 Å². The van der Waals surface area contributed by atoms with Crippen LogP contribution in [0.1, 0.15) is 28.4 Å². The summed E-state index contributed by atoms with van der Waals surface area (Å²) in [4.78, 5) is 33.6. The average Bonchev–Trinajstić information content (AvgIpc) is 2.83. The number of benzene rings is 2. The molecule has 33 heavy (non-hydrogen) atoms. The number of carbonyl (C=O) groups is 2. The number of halogens is 1. The summed E-state index contributed by atoms with van der Waals surface area (Å²) < 4.78 is 5.44. The van der Waals surface area contributed by atoms with Gasteiger partial charge in [0.1, 0.15) is 0 Å². The predicted molar refractivity (Wildman–Crippen MR) is 134 cm³/mol. The highest BCUT2D eigenvalue weighted by molar-refractivity contribution is 6.15. The molecule has 3 aromatic rings. The molecule has 0 radical (unpaired) electrons. The molecule has 0 bridgehead atoms. The Kier molecular flexibility index (Phi) is 12.3. The third-order valence-corrected chi connectivity index (χ3v) is 4.79. The summed E-state index contributed by atoms with van der Waals surface area (Å²) in [5.41, 5.74) is 4.37. The molecule has 0 saturated carbocycles. The lowest BCUT2D eigenvalue weighted by atomic mass is 10.0. The highest BCUT2D eigenvalue weighted by Gasteiger charge is 2.12. The zero-order chi connectivity index (χ0) is 24.8. The number of carbonyl (C=O) groups excluding carboxylic acids is 2. The lowest BCUT2D eigenvalue weighted by Gasteiger charge is -2.15. The second kappa shape index (κ2) is 14.6. The monoisotopic (exact) mass is 470 g/mol. The minimum Gasteiger partial charge on any atom is -0.471 e. The molecule has 1 N–H and O–H groups in total. The Balaban J connectivity index is 0.000000820. The number of nitrogens with zero attached hydrogens (tertiary/aromatic N) is 1. The molecule has 0 aliphatic heterocycles. The van der Waals surface area contributed by atoms with Crippen LogP contribution < -0.4 is 10.9 Å². The molecule has 1 amide bonds. The summed E-state index contributed by atoms with van der Waals surface area (Å²) >= 11 is 4.64. The molecule has 176 valence electrons. The fourth-order valence-electron chi connectivity index (χ4n) is 3.17. The summed E-state index contributed by atoms with van der Waals surface area (Å²) in [6, 6.07) is 19.2. The number of alkyl halides is 1. The van der Waals surface area contributed by atoms with Crippen LogP contribution in [0.15, 0.2) is 71.7 Å². The van der Waals surface area contributed by atoms with Crippen molar-refractivity contribution in [3.8, 4) is 11.1 Å². The summed E-state index contributed by atoms with van der Waals surface area (Å²) in [5.74, 6) is -0.0509. The molecule has 0 saturated heterocycles. The van der Waals surface area contributed by atoms with Crippen LogP contribution in [0.25, 0.3) is 11.1 Å². The molecule has 1 unspecified atom stereocenters. The SMILES string of the molecule is CCl.COC=O.Cc1ccccc1C(=O)NC(C)Cc1ccc(-c2cccn(C)c2=O)cc1. The van der Waals surface area contributed by atoms with E-state index < -0.39 is 0 Å². The van der Waals surface area contributed by atoms with Crippen molar-refractivity contribution in [1.82, 2.24) is 9.88 Å². The highest BCUT2D eigenvalue weighted by atomic mass is 35.5. The fraction of sp³-hybridized carbons (Fsp3) is 0.269. The third-order valence-electron chi connectivity index (χ3n) is 4.79. The number of hydrogen-bond acceptors (Lipinski definition) is 4. The van der Waals surface area contributed by atoms with Gasteiger partial charge in [-0.15, -0.1) is 11.6 Å². The number of aromatic nitrogens is 1. The van der Waals surface area contributed by atoms with Gasteiger partial charge in [0.15, 0.2) is 0 Å². The van der Waals surface area contributed by atoms with Crippen molar-refractivity contribution >= 4 is 24.0 Å². The van der Waals surface area contributed by atoms with E-state index in [9.17, 15) is 9.59 Å². The lowest BCUT2D eigenvalue weighted by Crippen LogP contribution is -2.34. The fourth-order valence-corrected chi connectivity index (χ4v) is 3.17. The van der Waals surface area contributed by atoms with E-state index in [1.165, 1.54) is 13.5 Å². The van der Waals surface area contributed by atoms with E-state index in [2.05, 4.69) is 21.7 Å². The van der Waals surface area contributed by atoms with Crippen molar-refractivity contribution in [2.75, 3.05) is 13.5 Å². The van der Waals surface area contributed by atoms with Gasteiger partial charge in [-0.2, -0.15) is 0 Å². The predicted octanol–water partition coefficient (Wildman–Crippen LogP) is 4.37. The maximum absolute atomic E-state index is 12.4. The van der Waals surface area contributed by atoms with Gasteiger partial charge in [-0.25, -0.2) is 0 Å². The van der Waals surface area contributed by atoms with Crippen LogP contribution in [-0.2, 0) is 23.0 Å².